The first-order chi connectivity index (χ1) is 16.1. The first kappa shape index (κ1) is 22.3. The lowest BCUT2D eigenvalue weighted by Crippen LogP contribution is -2.33. The molecule has 0 saturated carbocycles. The van der Waals surface area contributed by atoms with E-state index in [4.69, 9.17) is 14.2 Å². The van der Waals surface area contributed by atoms with Crippen molar-refractivity contribution < 1.29 is 23.6 Å². The summed E-state index contributed by atoms with van der Waals surface area (Å²) in [6, 6.07) is 24.6. The topological polar surface area (TPSA) is 47.8 Å². The second-order valence-electron chi connectivity index (χ2n) is 7.79. The Hall–Kier alpha value is -3.86. The first-order valence-electron chi connectivity index (χ1n) is 10.9. The maximum Gasteiger partial charge on any atom is 0.371 e. The van der Waals surface area contributed by atoms with Gasteiger partial charge in [-0.1, -0.05) is 60.7 Å². The number of benzene rings is 3. The van der Waals surface area contributed by atoms with E-state index in [1.165, 1.54) is 7.11 Å². The summed E-state index contributed by atoms with van der Waals surface area (Å²) in [5.41, 5.74) is 6.39. The Labute approximate surface area is 194 Å². The highest BCUT2D eigenvalue weighted by Crippen LogP contribution is 2.34. The van der Waals surface area contributed by atoms with Crippen molar-refractivity contribution in [1.29, 1.82) is 0 Å². The SMILES string of the molecule is COC(=O)C[N+]1=C(C=C(c2ccccc2)c2ccccc2)c2cc(OC)c(OC)cc2CC1. The van der Waals surface area contributed by atoms with Gasteiger partial charge in [-0.3, -0.25) is 0 Å². The number of ether oxygens (including phenoxy) is 3. The van der Waals surface area contributed by atoms with Gasteiger partial charge in [-0.25, -0.2) is 9.37 Å². The van der Waals surface area contributed by atoms with Gasteiger partial charge in [0.1, 0.15) is 6.54 Å². The van der Waals surface area contributed by atoms with E-state index in [1.54, 1.807) is 14.2 Å². The van der Waals surface area contributed by atoms with E-state index in [9.17, 15) is 4.79 Å². The molecular weight excluding hydrogens is 414 g/mol. The lowest BCUT2D eigenvalue weighted by molar-refractivity contribution is -0.518. The van der Waals surface area contributed by atoms with Crippen molar-refractivity contribution in [2.45, 2.75) is 6.42 Å². The van der Waals surface area contributed by atoms with Gasteiger partial charge in [-0.15, -0.1) is 0 Å². The van der Waals surface area contributed by atoms with Crippen molar-refractivity contribution in [1.82, 2.24) is 0 Å². The minimum atomic E-state index is -0.272. The summed E-state index contributed by atoms with van der Waals surface area (Å²) in [6.07, 6.45) is 2.95. The Morgan fingerprint density at radius 1 is 0.879 bits per heavy atom. The molecule has 3 aromatic rings. The third-order valence-corrected chi connectivity index (χ3v) is 5.88. The molecule has 0 fully saturated rings. The van der Waals surface area contributed by atoms with Gasteiger partial charge in [-0.05, 0) is 34.4 Å². The van der Waals surface area contributed by atoms with Gasteiger partial charge in [0.05, 0.1) is 26.9 Å². The molecule has 0 radical (unpaired) electrons. The van der Waals surface area contributed by atoms with Crippen LogP contribution in [0.15, 0.2) is 78.9 Å². The Morgan fingerprint density at radius 2 is 1.45 bits per heavy atom. The van der Waals surface area contributed by atoms with Crippen molar-refractivity contribution >= 4 is 17.3 Å². The van der Waals surface area contributed by atoms with Crippen LogP contribution in [0.2, 0.25) is 0 Å². The number of hydrogen-bond acceptors (Lipinski definition) is 4. The number of allylic oxidation sites excluding steroid dienone is 1. The molecule has 168 valence electrons. The minimum absolute atomic E-state index is 0.174. The number of carbonyl (C=O) groups is 1. The minimum Gasteiger partial charge on any atom is -0.493 e. The van der Waals surface area contributed by atoms with Gasteiger partial charge in [0, 0.05) is 12.5 Å². The molecule has 0 amide bonds. The van der Waals surface area contributed by atoms with Crippen LogP contribution in [0.3, 0.4) is 0 Å². The van der Waals surface area contributed by atoms with Crippen molar-refractivity contribution in [3.8, 4) is 11.5 Å². The van der Waals surface area contributed by atoms with E-state index in [0.29, 0.717) is 18.0 Å². The number of methoxy groups -OCH3 is 3. The highest BCUT2D eigenvalue weighted by atomic mass is 16.5. The molecule has 0 saturated heterocycles. The van der Waals surface area contributed by atoms with Crippen LogP contribution < -0.4 is 9.47 Å². The van der Waals surface area contributed by atoms with E-state index < -0.39 is 0 Å². The van der Waals surface area contributed by atoms with Crippen LogP contribution in [0.4, 0.5) is 0 Å². The summed E-state index contributed by atoms with van der Waals surface area (Å²) in [5, 5.41) is 0. The molecule has 1 heterocycles. The molecule has 0 N–H and O–H groups in total. The third-order valence-electron chi connectivity index (χ3n) is 5.88. The van der Waals surface area contributed by atoms with E-state index in [1.807, 2.05) is 48.5 Å². The zero-order chi connectivity index (χ0) is 23.2. The normalized spacial score (nSPS) is 12.6. The smallest absolute Gasteiger partial charge is 0.371 e. The summed E-state index contributed by atoms with van der Waals surface area (Å²) in [4.78, 5) is 12.2. The van der Waals surface area contributed by atoms with Crippen molar-refractivity contribution in [2.24, 2.45) is 0 Å². The summed E-state index contributed by atoms with van der Waals surface area (Å²) in [7, 11) is 4.70. The monoisotopic (exact) mass is 442 g/mol. The second kappa shape index (κ2) is 10.2. The molecule has 33 heavy (non-hydrogen) atoms. The van der Waals surface area contributed by atoms with Gasteiger partial charge in [0.15, 0.2) is 11.5 Å². The number of esters is 1. The molecule has 4 rings (SSSR count). The molecule has 1 aliphatic rings. The standard InChI is InChI=1S/C28H28NO4/c1-31-26-16-22-14-15-29(19-28(30)33-3)25(24(22)18-27(26)32-2)17-23(20-10-6-4-7-11-20)21-12-8-5-9-13-21/h4-13,16-18H,14-15,19H2,1-3H3/q+1. The Balaban J connectivity index is 1.96. The summed E-state index contributed by atoms with van der Waals surface area (Å²) >= 11 is 0. The van der Waals surface area contributed by atoms with E-state index in [-0.39, 0.29) is 12.5 Å². The lowest BCUT2D eigenvalue weighted by atomic mass is 9.91. The third kappa shape index (κ3) is 4.82. The fraction of sp³-hybridized carbons (Fsp3) is 0.214. The highest BCUT2D eigenvalue weighted by molar-refractivity contribution is 6.12. The van der Waals surface area contributed by atoms with Crippen LogP contribution >= 0.6 is 0 Å². The number of fused-ring (bicyclic) bond motifs is 1. The molecule has 0 bridgehead atoms. The Kier molecular flexibility index (Phi) is 6.89. The summed E-state index contributed by atoms with van der Waals surface area (Å²) in [6.45, 7) is 0.868. The zero-order valence-electron chi connectivity index (χ0n) is 19.2. The molecule has 5 heteroatoms. The molecular formula is C28H28NO4+. The number of hydrogen-bond donors (Lipinski definition) is 0. The van der Waals surface area contributed by atoms with E-state index >= 15 is 0 Å². The van der Waals surface area contributed by atoms with E-state index in [2.05, 4.69) is 34.9 Å². The molecule has 0 aromatic heterocycles. The quantitative estimate of drug-likeness (QED) is 0.403. The first-order valence-corrected chi connectivity index (χ1v) is 10.9. The molecule has 1 aliphatic heterocycles. The molecule has 0 aliphatic carbocycles. The van der Waals surface area contributed by atoms with Crippen LogP contribution in [0, 0.1) is 0 Å². The van der Waals surface area contributed by atoms with E-state index in [0.717, 1.165) is 40.0 Å². The molecule has 0 unspecified atom stereocenters. The van der Waals surface area contributed by atoms with Crippen LogP contribution in [0.5, 0.6) is 11.5 Å². The highest BCUT2D eigenvalue weighted by Gasteiger charge is 2.29. The molecule has 5 nitrogen and oxygen atoms in total. The number of nitrogens with zero attached hydrogens (tertiary/aromatic N) is 1. The summed E-state index contributed by atoms with van der Waals surface area (Å²) in [5.74, 6) is 1.08. The lowest BCUT2D eigenvalue weighted by Gasteiger charge is -2.20. The van der Waals surface area contributed by atoms with Crippen LogP contribution in [-0.4, -0.2) is 50.7 Å². The molecule has 0 atom stereocenters. The fourth-order valence-corrected chi connectivity index (χ4v) is 4.17. The van der Waals surface area contributed by atoms with Crippen LogP contribution in [0.25, 0.3) is 5.57 Å². The predicted molar refractivity (Wildman–Crippen MR) is 129 cm³/mol. The van der Waals surface area contributed by atoms with Crippen molar-refractivity contribution in [3.05, 3.63) is 101 Å². The number of rotatable bonds is 7. The number of carbonyl (C=O) groups excluding carboxylic acids is 1. The van der Waals surface area contributed by atoms with Crippen molar-refractivity contribution in [3.63, 3.8) is 0 Å². The largest absolute Gasteiger partial charge is 0.493 e. The average Bonchev–Trinajstić information content (AvgIpc) is 2.88. The van der Waals surface area contributed by atoms with Gasteiger partial charge >= 0.3 is 5.97 Å². The van der Waals surface area contributed by atoms with Gasteiger partial charge in [0.25, 0.3) is 0 Å². The molecule has 3 aromatic carbocycles. The summed E-state index contributed by atoms with van der Waals surface area (Å²) < 4.78 is 18.2. The van der Waals surface area contributed by atoms with Gasteiger partial charge in [0.2, 0.25) is 12.3 Å². The molecule has 0 spiro atoms. The Bertz CT molecular complexity index is 1160. The maximum absolute atomic E-state index is 12.2. The van der Waals surface area contributed by atoms with Gasteiger partial charge in [-0.2, -0.15) is 0 Å². The zero-order valence-corrected chi connectivity index (χ0v) is 19.2. The van der Waals surface area contributed by atoms with Crippen LogP contribution in [0.1, 0.15) is 22.3 Å². The van der Waals surface area contributed by atoms with Crippen LogP contribution in [-0.2, 0) is 16.0 Å². The van der Waals surface area contributed by atoms with Gasteiger partial charge < -0.3 is 14.2 Å². The maximum atomic E-state index is 12.2. The fourth-order valence-electron chi connectivity index (χ4n) is 4.17. The Morgan fingerprint density at radius 3 is 2.00 bits per heavy atom. The van der Waals surface area contributed by atoms with Crippen molar-refractivity contribution in [2.75, 3.05) is 34.4 Å². The average molecular weight is 443 g/mol. The predicted octanol–water partition coefficient (Wildman–Crippen LogP) is 4.37. The second-order valence-corrected chi connectivity index (χ2v) is 7.79.